The van der Waals surface area contributed by atoms with Crippen molar-refractivity contribution in [1.29, 1.82) is 0 Å². The third kappa shape index (κ3) is 1.70. The minimum absolute atomic E-state index is 0.277. The Morgan fingerprint density at radius 2 is 2.25 bits per heavy atom. The molecule has 0 bridgehead atoms. The highest BCUT2D eigenvalue weighted by molar-refractivity contribution is 5.82. The molecule has 7 heteroatoms. The summed E-state index contributed by atoms with van der Waals surface area (Å²) in [7, 11) is 0. The number of aromatic nitrogens is 4. The molecule has 0 aliphatic carbocycles. The number of hydrogen-bond acceptors (Lipinski definition) is 4. The van der Waals surface area contributed by atoms with Gasteiger partial charge in [0, 0.05) is 6.20 Å². The Morgan fingerprint density at radius 1 is 1.50 bits per heavy atom. The first-order valence-corrected chi connectivity index (χ1v) is 4.43. The van der Waals surface area contributed by atoms with Gasteiger partial charge in [0.05, 0.1) is 0 Å². The lowest BCUT2D eigenvalue weighted by Gasteiger charge is -1.97. The molecule has 2 N–H and O–H groups in total. The summed E-state index contributed by atoms with van der Waals surface area (Å²) in [6, 6.07) is 3.34. The van der Waals surface area contributed by atoms with Gasteiger partial charge < -0.3 is 5.11 Å². The van der Waals surface area contributed by atoms with Crippen molar-refractivity contribution in [3.8, 4) is 5.82 Å². The average Bonchev–Trinajstić information content (AvgIpc) is 2.62. The number of aryl methyl sites for hydroxylation is 1. The normalized spacial score (nSPS) is 10.3. The van der Waals surface area contributed by atoms with Gasteiger partial charge in [0.15, 0.2) is 5.82 Å². The number of aromatic carboxylic acids is 1. The molecule has 0 saturated carbocycles. The summed E-state index contributed by atoms with van der Waals surface area (Å²) >= 11 is 0. The highest BCUT2D eigenvalue weighted by Gasteiger charge is 2.12. The number of carboxylic acid groups (broad SMARTS) is 1. The zero-order valence-electron chi connectivity index (χ0n) is 8.34. The topological polar surface area (TPSA) is 101 Å². The van der Waals surface area contributed by atoms with Crippen molar-refractivity contribution in [3.63, 3.8) is 0 Å². The van der Waals surface area contributed by atoms with Crippen LogP contribution in [0, 0.1) is 6.92 Å². The molecule has 82 valence electrons. The number of H-pyrrole nitrogens is 1. The van der Waals surface area contributed by atoms with Crippen molar-refractivity contribution < 1.29 is 9.90 Å². The van der Waals surface area contributed by atoms with E-state index in [0.29, 0.717) is 0 Å². The van der Waals surface area contributed by atoms with Crippen LogP contribution in [0.5, 0.6) is 0 Å². The highest BCUT2D eigenvalue weighted by Crippen LogP contribution is 2.01. The molecular formula is C9H8N4O3. The molecule has 0 unspecified atom stereocenters. The lowest BCUT2D eigenvalue weighted by Crippen LogP contribution is -2.16. The molecule has 0 aromatic carbocycles. The molecule has 2 aromatic heterocycles. The van der Waals surface area contributed by atoms with Gasteiger partial charge in [-0.15, -0.1) is 5.10 Å². The van der Waals surface area contributed by atoms with E-state index in [0.717, 1.165) is 10.2 Å². The first kappa shape index (κ1) is 10.1. The van der Waals surface area contributed by atoms with Crippen LogP contribution in [0.15, 0.2) is 23.1 Å². The van der Waals surface area contributed by atoms with Crippen molar-refractivity contribution in [2.75, 3.05) is 0 Å². The highest BCUT2D eigenvalue weighted by atomic mass is 16.4. The number of hydrogen-bond donors (Lipinski definition) is 2. The second-order valence-electron chi connectivity index (χ2n) is 3.19. The Balaban J connectivity index is 2.52. The van der Waals surface area contributed by atoms with Crippen LogP contribution in [-0.2, 0) is 0 Å². The molecule has 2 aromatic rings. The Kier molecular flexibility index (Phi) is 2.28. The number of nitrogens with one attached hydrogen (secondary N) is 1. The molecule has 0 fully saturated rings. The number of rotatable bonds is 2. The molecule has 0 aliphatic rings. The largest absolute Gasteiger partial charge is 0.475 e. The average molecular weight is 220 g/mol. The summed E-state index contributed by atoms with van der Waals surface area (Å²) in [5, 5.41) is 12.2. The predicted octanol–water partition coefficient (Wildman–Crippen LogP) is -0.0378. The standard InChI is InChI=1S/C9H8N4O3/c1-5-2-3-6(10-4-5)13-9(16)11-7(12-13)8(14)15/h2-4H,1H3,(H,14,15)(H,11,12,16). The Morgan fingerprint density at radius 3 is 2.75 bits per heavy atom. The number of carboxylic acids is 1. The fourth-order valence-electron chi connectivity index (χ4n) is 1.16. The lowest BCUT2D eigenvalue weighted by molar-refractivity contribution is 0.0683. The molecule has 0 saturated heterocycles. The van der Waals surface area contributed by atoms with Gasteiger partial charge in [-0.25, -0.2) is 14.6 Å². The Bertz CT molecular complexity index is 582. The van der Waals surface area contributed by atoms with Crippen molar-refractivity contribution in [2.45, 2.75) is 6.92 Å². The zero-order valence-corrected chi connectivity index (χ0v) is 8.34. The van der Waals surface area contributed by atoms with Gasteiger partial charge in [-0.05, 0) is 18.6 Å². The van der Waals surface area contributed by atoms with Crippen LogP contribution >= 0.6 is 0 Å². The van der Waals surface area contributed by atoms with Crippen LogP contribution in [0.3, 0.4) is 0 Å². The first-order chi connectivity index (χ1) is 7.58. The number of pyridine rings is 1. The van der Waals surface area contributed by atoms with E-state index < -0.39 is 17.5 Å². The maximum atomic E-state index is 11.4. The van der Waals surface area contributed by atoms with Crippen molar-refractivity contribution in [3.05, 3.63) is 40.2 Å². The molecular weight excluding hydrogens is 212 g/mol. The maximum absolute atomic E-state index is 11.4. The third-order valence-corrected chi connectivity index (χ3v) is 1.93. The van der Waals surface area contributed by atoms with E-state index in [1.165, 1.54) is 0 Å². The van der Waals surface area contributed by atoms with E-state index in [2.05, 4.69) is 15.1 Å². The third-order valence-electron chi connectivity index (χ3n) is 1.93. The monoisotopic (exact) mass is 220 g/mol. The first-order valence-electron chi connectivity index (χ1n) is 4.43. The van der Waals surface area contributed by atoms with Crippen LogP contribution in [-0.4, -0.2) is 30.8 Å². The molecule has 2 rings (SSSR count). The van der Waals surface area contributed by atoms with Crippen LogP contribution in [0.4, 0.5) is 0 Å². The van der Waals surface area contributed by atoms with Crippen LogP contribution in [0.2, 0.25) is 0 Å². The zero-order chi connectivity index (χ0) is 11.7. The predicted molar refractivity (Wildman–Crippen MR) is 53.7 cm³/mol. The second-order valence-corrected chi connectivity index (χ2v) is 3.19. The smallest absolute Gasteiger partial charge is 0.373 e. The molecule has 7 nitrogen and oxygen atoms in total. The number of nitrogens with zero attached hydrogens (tertiary/aromatic N) is 3. The summed E-state index contributed by atoms with van der Waals surface area (Å²) in [6.45, 7) is 1.85. The number of aromatic amines is 1. The molecule has 0 amide bonds. The summed E-state index contributed by atoms with van der Waals surface area (Å²) < 4.78 is 0.906. The quantitative estimate of drug-likeness (QED) is 0.739. The van der Waals surface area contributed by atoms with E-state index in [1.54, 1.807) is 18.3 Å². The van der Waals surface area contributed by atoms with Gasteiger partial charge >= 0.3 is 11.7 Å². The van der Waals surface area contributed by atoms with Crippen LogP contribution in [0.25, 0.3) is 5.82 Å². The molecule has 0 radical (unpaired) electrons. The van der Waals surface area contributed by atoms with Gasteiger partial charge in [0.25, 0.3) is 0 Å². The minimum atomic E-state index is -1.29. The van der Waals surface area contributed by atoms with Crippen LogP contribution < -0.4 is 5.69 Å². The molecule has 2 heterocycles. The van der Waals surface area contributed by atoms with E-state index in [-0.39, 0.29) is 5.82 Å². The van der Waals surface area contributed by atoms with Crippen molar-refractivity contribution >= 4 is 5.97 Å². The van der Waals surface area contributed by atoms with E-state index >= 15 is 0 Å². The second kappa shape index (κ2) is 3.61. The Hall–Kier alpha value is -2.44. The SMILES string of the molecule is Cc1ccc(-n2nc(C(=O)O)[nH]c2=O)nc1. The lowest BCUT2D eigenvalue weighted by atomic mass is 10.3. The molecule has 0 spiro atoms. The summed E-state index contributed by atoms with van der Waals surface area (Å²) in [6.07, 6.45) is 1.57. The van der Waals surface area contributed by atoms with E-state index in [9.17, 15) is 9.59 Å². The summed E-state index contributed by atoms with van der Waals surface area (Å²) in [5.74, 6) is -1.42. The van der Waals surface area contributed by atoms with Crippen molar-refractivity contribution in [2.24, 2.45) is 0 Å². The molecule has 0 aliphatic heterocycles. The minimum Gasteiger partial charge on any atom is -0.475 e. The van der Waals surface area contributed by atoms with Crippen molar-refractivity contribution in [1.82, 2.24) is 19.7 Å². The van der Waals surface area contributed by atoms with E-state index in [4.69, 9.17) is 5.11 Å². The molecule has 16 heavy (non-hydrogen) atoms. The van der Waals surface area contributed by atoms with Crippen LogP contribution in [0.1, 0.15) is 16.2 Å². The van der Waals surface area contributed by atoms with E-state index in [1.807, 2.05) is 6.92 Å². The van der Waals surface area contributed by atoms with Gasteiger partial charge in [-0.3, -0.25) is 4.98 Å². The fourth-order valence-corrected chi connectivity index (χ4v) is 1.16. The van der Waals surface area contributed by atoms with Gasteiger partial charge in [0.1, 0.15) is 0 Å². The van der Waals surface area contributed by atoms with Gasteiger partial charge in [-0.2, -0.15) is 4.68 Å². The fraction of sp³-hybridized carbons (Fsp3) is 0.111. The summed E-state index contributed by atoms with van der Waals surface area (Å²) in [5.41, 5.74) is 0.305. The van der Waals surface area contributed by atoms with Gasteiger partial charge in [0.2, 0.25) is 5.82 Å². The van der Waals surface area contributed by atoms with Gasteiger partial charge in [-0.1, -0.05) is 6.07 Å². The summed E-state index contributed by atoms with van der Waals surface area (Å²) in [4.78, 5) is 28.0. The number of carbonyl (C=O) groups is 1. The maximum Gasteiger partial charge on any atom is 0.373 e. The molecule has 0 atom stereocenters. The Labute approximate surface area is 89.4 Å².